The van der Waals surface area contributed by atoms with Crippen molar-refractivity contribution in [1.29, 1.82) is 0 Å². The first-order chi connectivity index (χ1) is 18.3. The number of aliphatic hydroxyl groups is 1. The van der Waals surface area contributed by atoms with Gasteiger partial charge < -0.3 is 9.84 Å². The lowest BCUT2D eigenvalue weighted by Crippen LogP contribution is -2.29. The van der Waals surface area contributed by atoms with Gasteiger partial charge >= 0.3 is 5.91 Å². The zero-order valence-electron chi connectivity index (χ0n) is 21.4. The van der Waals surface area contributed by atoms with Gasteiger partial charge in [-0.25, -0.2) is 4.98 Å². The number of hydrogen-bond donors (Lipinski definition) is 1. The third kappa shape index (κ3) is 4.97. The monoisotopic (exact) mass is 524 g/mol. The van der Waals surface area contributed by atoms with E-state index >= 15 is 0 Å². The Hall–Kier alpha value is -4.23. The highest BCUT2D eigenvalue weighted by molar-refractivity contribution is 7.14. The minimum absolute atomic E-state index is 0.0379. The third-order valence-corrected chi connectivity index (χ3v) is 7.38. The second-order valence-corrected chi connectivity index (χ2v) is 10.5. The van der Waals surface area contributed by atoms with Crippen LogP contribution in [-0.4, -0.2) is 21.8 Å². The molecule has 1 fully saturated rings. The lowest BCUT2D eigenvalue weighted by Gasteiger charge is -2.23. The van der Waals surface area contributed by atoms with Gasteiger partial charge in [-0.3, -0.25) is 14.5 Å². The number of amides is 1. The van der Waals surface area contributed by atoms with Crippen LogP contribution in [0.25, 0.3) is 5.76 Å². The van der Waals surface area contributed by atoms with E-state index in [2.05, 4.69) is 24.9 Å². The van der Waals surface area contributed by atoms with Crippen LogP contribution in [0.4, 0.5) is 5.13 Å². The number of thiazole rings is 1. The van der Waals surface area contributed by atoms with Gasteiger partial charge in [0.15, 0.2) is 5.13 Å². The topological polar surface area (TPSA) is 79.7 Å². The smallest absolute Gasteiger partial charge is 0.301 e. The zero-order valence-corrected chi connectivity index (χ0v) is 22.2. The fourth-order valence-corrected chi connectivity index (χ4v) is 5.24. The lowest BCUT2D eigenvalue weighted by molar-refractivity contribution is -0.132. The van der Waals surface area contributed by atoms with E-state index in [4.69, 9.17) is 4.74 Å². The molecule has 192 valence electrons. The summed E-state index contributed by atoms with van der Waals surface area (Å²) >= 11 is 1.27. The molecule has 0 aliphatic carbocycles. The van der Waals surface area contributed by atoms with E-state index in [0.29, 0.717) is 29.0 Å². The van der Waals surface area contributed by atoms with E-state index in [1.54, 1.807) is 35.8 Å². The number of hydrogen-bond acceptors (Lipinski definition) is 6. The number of ketones is 1. The zero-order chi connectivity index (χ0) is 26.8. The molecule has 0 spiro atoms. The molecule has 6 nitrogen and oxygen atoms in total. The molecule has 38 heavy (non-hydrogen) atoms. The molecule has 5 rings (SSSR count). The van der Waals surface area contributed by atoms with Crippen LogP contribution in [0, 0.1) is 6.92 Å². The molecule has 0 radical (unpaired) electrons. The number of aliphatic hydroxyl groups excluding tert-OH is 1. The number of aryl methyl sites for hydroxylation is 1. The summed E-state index contributed by atoms with van der Waals surface area (Å²) in [5.74, 6) is -0.716. The van der Waals surface area contributed by atoms with Crippen molar-refractivity contribution in [3.63, 3.8) is 0 Å². The number of aromatic nitrogens is 1. The summed E-state index contributed by atoms with van der Waals surface area (Å²) in [4.78, 5) is 32.1. The summed E-state index contributed by atoms with van der Waals surface area (Å²) < 4.78 is 5.90. The van der Waals surface area contributed by atoms with Gasteiger partial charge in [-0.15, -0.1) is 11.3 Å². The Morgan fingerprint density at radius 3 is 2.42 bits per heavy atom. The maximum absolute atomic E-state index is 13.3. The summed E-state index contributed by atoms with van der Waals surface area (Å²) in [5.41, 5.74) is 4.55. The van der Waals surface area contributed by atoms with Crippen molar-refractivity contribution in [3.05, 3.63) is 118 Å². The first-order valence-corrected chi connectivity index (χ1v) is 13.3. The highest BCUT2D eigenvalue weighted by atomic mass is 32.1. The minimum Gasteiger partial charge on any atom is -0.507 e. The number of nitrogens with zero attached hydrogens (tertiary/aromatic N) is 2. The summed E-state index contributed by atoms with van der Waals surface area (Å²) in [5, 5.41) is 13.5. The van der Waals surface area contributed by atoms with E-state index in [-0.39, 0.29) is 11.3 Å². The average molecular weight is 525 g/mol. The van der Waals surface area contributed by atoms with E-state index in [1.165, 1.54) is 16.2 Å². The number of carbonyl (C=O) groups excluding carboxylic acids is 2. The van der Waals surface area contributed by atoms with Crippen molar-refractivity contribution in [2.75, 3.05) is 4.90 Å². The molecule has 1 unspecified atom stereocenters. The van der Waals surface area contributed by atoms with Gasteiger partial charge in [-0.1, -0.05) is 67.9 Å². The number of carbonyl (C=O) groups is 2. The van der Waals surface area contributed by atoms with Crippen LogP contribution in [0.15, 0.2) is 89.9 Å². The van der Waals surface area contributed by atoms with Crippen LogP contribution in [0.3, 0.4) is 0 Å². The summed E-state index contributed by atoms with van der Waals surface area (Å²) in [7, 11) is 0. The van der Waals surface area contributed by atoms with Gasteiger partial charge in [0.2, 0.25) is 0 Å². The van der Waals surface area contributed by atoms with E-state index < -0.39 is 17.7 Å². The predicted molar refractivity (Wildman–Crippen MR) is 149 cm³/mol. The Kier molecular flexibility index (Phi) is 7.11. The van der Waals surface area contributed by atoms with Crippen LogP contribution in [-0.2, 0) is 16.2 Å². The quantitative estimate of drug-likeness (QED) is 0.164. The van der Waals surface area contributed by atoms with Crippen LogP contribution < -0.4 is 9.64 Å². The fourth-order valence-electron chi connectivity index (χ4n) is 4.58. The second-order valence-electron chi connectivity index (χ2n) is 9.61. The Morgan fingerprint density at radius 1 is 1.05 bits per heavy atom. The summed E-state index contributed by atoms with van der Waals surface area (Å²) in [6.45, 7) is 6.65. The van der Waals surface area contributed by atoms with Crippen LogP contribution in [0.5, 0.6) is 5.75 Å². The van der Waals surface area contributed by atoms with E-state index in [1.807, 2.05) is 49.4 Å². The molecule has 1 saturated heterocycles. The van der Waals surface area contributed by atoms with Crippen molar-refractivity contribution in [3.8, 4) is 5.75 Å². The molecule has 1 N–H and O–H groups in total. The summed E-state index contributed by atoms with van der Waals surface area (Å²) in [6.07, 6.45) is 1.59. The number of benzene rings is 3. The van der Waals surface area contributed by atoms with Crippen LogP contribution >= 0.6 is 11.3 Å². The summed E-state index contributed by atoms with van der Waals surface area (Å²) in [6, 6.07) is 22.0. The van der Waals surface area contributed by atoms with Gasteiger partial charge in [0, 0.05) is 17.1 Å². The van der Waals surface area contributed by atoms with Crippen LogP contribution in [0.1, 0.15) is 53.6 Å². The Balaban J connectivity index is 1.49. The molecule has 1 atom stereocenters. The molecule has 1 aliphatic heterocycles. The number of ether oxygens (including phenoxy) is 1. The molecule has 7 heteroatoms. The van der Waals surface area contributed by atoms with Crippen molar-refractivity contribution in [2.24, 2.45) is 0 Å². The van der Waals surface area contributed by atoms with Crippen molar-refractivity contribution in [2.45, 2.75) is 39.3 Å². The Labute approximate surface area is 225 Å². The van der Waals surface area contributed by atoms with E-state index in [0.717, 1.165) is 22.3 Å². The fraction of sp³-hybridized carbons (Fsp3) is 0.194. The highest BCUT2D eigenvalue weighted by Crippen LogP contribution is 2.43. The molecule has 0 saturated carbocycles. The SMILES string of the molecule is Cc1cccc(COc2ccc(/C(O)=C3/C(=O)C(=O)N(c4nccs4)C3c3ccc(C(C)C)cc3)cc2)c1. The second kappa shape index (κ2) is 10.6. The highest BCUT2D eigenvalue weighted by Gasteiger charge is 2.47. The van der Waals surface area contributed by atoms with Gasteiger partial charge in [0.05, 0.1) is 11.6 Å². The van der Waals surface area contributed by atoms with Gasteiger partial charge in [0.25, 0.3) is 5.78 Å². The van der Waals surface area contributed by atoms with Gasteiger partial charge in [0.1, 0.15) is 18.1 Å². The predicted octanol–water partition coefficient (Wildman–Crippen LogP) is 6.78. The maximum Gasteiger partial charge on any atom is 0.301 e. The third-order valence-electron chi connectivity index (χ3n) is 6.60. The van der Waals surface area contributed by atoms with Crippen LogP contribution in [0.2, 0.25) is 0 Å². The normalized spacial score (nSPS) is 16.8. The van der Waals surface area contributed by atoms with E-state index in [9.17, 15) is 14.7 Å². The van der Waals surface area contributed by atoms with Crippen molar-refractivity contribution < 1.29 is 19.4 Å². The molecule has 0 bridgehead atoms. The van der Waals surface area contributed by atoms with Gasteiger partial charge in [-0.05, 0) is 53.8 Å². The molecule has 1 amide bonds. The molecular formula is C31H28N2O4S. The molecule has 3 aromatic carbocycles. The lowest BCUT2D eigenvalue weighted by atomic mass is 9.93. The minimum atomic E-state index is -0.792. The molecule has 1 aliphatic rings. The average Bonchev–Trinajstić information content (AvgIpc) is 3.54. The van der Waals surface area contributed by atoms with Crippen molar-refractivity contribution in [1.82, 2.24) is 4.98 Å². The molecule has 1 aromatic heterocycles. The first kappa shape index (κ1) is 25.4. The first-order valence-electron chi connectivity index (χ1n) is 12.4. The number of anilines is 1. The Bertz CT molecular complexity index is 1490. The Morgan fingerprint density at radius 2 is 1.79 bits per heavy atom. The molecule has 4 aromatic rings. The van der Waals surface area contributed by atoms with Crippen molar-refractivity contribution >= 4 is 33.9 Å². The molecular weight excluding hydrogens is 496 g/mol. The largest absolute Gasteiger partial charge is 0.507 e. The molecule has 2 heterocycles. The van der Waals surface area contributed by atoms with Gasteiger partial charge in [-0.2, -0.15) is 0 Å². The maximum atomic E-state index is 13.3. The standard InChI is InChI=1S/C31H28N2O4S/c1-19(2)22-7-9-23(10-8-22)27-26(29(35)30(36)33(27)31-32-15-16-38-31)28(34)24-11-13-25(14-12-24)37-18-21-6-4-5-20(3)17-21/h4-17,19,27,34H,18H2,1-3H3/b28-26-. The number of Topliss-reactive ketones (excluding diaryl/α,β-unsaturated/α-hetero) is 1. The number of rotatable bonds is 7.